The lowest BCUT2D eigenvalue weighted by Gasteiger charge is -2.31. The number of aromatic nitrogens is 1. The molecule has 1 amide bonds. The van der Waals surface area contributed by atoms with E-state index in [0.29, 0.717) is 16.5 Å². The minimum atomic E-state index is 0.0677. The quantitative estimate of drug-likeness (QED) is 0.940. The number of hydrogen-bond donors (Lipinski definition) is 1. The van der Waals surface area contributed by atoms with Crippen LogP contribution >= 0.6 is 11.3 Å². The number of hydrogen-bond acceptors (Lipinski definition) is 4. The van der Waals surface area contributed by atoms with Crippen LogP contribution in [0.15, 0.2) is 18.5 Å². The second-order valence-corrected chi connectivity index (χ2v) is 6.41. The summed E-state index contributed by atoms with van der Waals surface area (Å²) in [7, 11) is 0. The highest BCUT2D eigenvalue weighted by atomic mass is 32.1. The highest BCUT2D eigenvalue weighted by Crippen LogP contribution is 2.34. The van der Waals surface area contributed by atoms with Gasteiger partial charge in [0.15, 0.2) is 0 Å². The smallest absolute Gasteiger partial charge is 0.266 e. The van der Waals surface area contributed by atoms with Crippen molar-refractivity contribution in [2.24, 2.45) is 5.92 Å². The number of carbonyl (C=O) groups is 1. The molecular weight excluding hydrogens is 270 g/mol. The molecule has 2 aromatic rings. The van der Waals surface area contributed by atoms with Gasteiger partial charge in [-0.25, -0.2) is 0 Å². The zero-order chi connectivity index (χ0) is 14.1. The lowest BCUT2D eigenvalue weighted by atomic mass is 9.85. The second kappa shape index (κ2) is 5.40. The van der Waals surface area contributed by atoms with E-state index in [2.05, 4.69) is 4.98 Å². The van der Waals surface area contributed by atoms with Gasteiger partial charge < -0.3 is 10.6 Å². The van der Waals surface area contributed by atoms with Crippen molar-refractivity contribution in [3.8, 4) is 0 Å². The summed E-state index contributed by atoms with van der Waals surface area (Å²) in [4.78, 5) is 19.4. The van der Waals surface area contributed by atoms with E-state index < -0.39 is 0 Å². The first-order valence-electron chi connectivity index (χ1n) is 7.12. The predicted molar refractivity (Wildman–Crippen MR) is 83.0 cm³/mol. The summed E-state index contributed by atoms with van der Waals surface area (Å²) in [5.74, 6) is 0.745. The number of fused-ring (bicyclic) bond motifs is 1. The lowest BCUT2D eigenvalue weighted by molar-refractivity contribution is 0.0712. The van der Waals surface area contributed by atoms with Gasteiger partial charge in [-0.3, -0.25) is 9.78 Å². The summed E-state index contributed by atoms with van der Waals surface area (Å²) in [5.41, 5.74) is 6.75. The van der Waals surface area contributed by atoms with E-state index in [0.717, 1.165) is 23.2 Å². The van der Waals surface area contributed by atoms with Gasteiger partial charge in [-0.2, -0.15) is 0 Å². The summed E-state index contributed by atoms with van der Waals surface area (Å²) in [6.07, 6.45) is 7.28. The predicted octanol–water partition coefficient (Wildman–Crippen LogP) is 3.14. The van der Waals surface area contributed by atoms with Crippen LogP contribution in [0.4, 0.5) is 5.69 Å². The van der Waals surface area contributed by atoms with E-state index in [1.165, 1.54) is 30.6 Å². The first kappa shape index (κ1) is 13.4. The van der Waals surface area contributed by atoms with Gasteiger partial charge in [0.25, 0.3) is 5.91 Å². The van der Waals surface area contributed by atoms with Gasteiger partial charge >= 0.3 is 0 Å². The Labute approximate surface area is 122 Å². The maximum atomic E-state index is 12.7. The normalized spacial score (nSPS) is 15.2. The number of carbonyl (C=O) groups excluding carboxylic acids is 1. The maximum Gasteiger partial charge on any atom is 0.266 e. The topological polar surface area (TPSA) is 59.2 Å². The van der Waals surface area contributed by atoms with Crippen LogP contribution in [0.1, 0.15) is 35.9 Å². The van der Waals surface area contributed by atoms with E-state index >= 15 is 0 Å². The molecule has 20 heavy (non-hydrogen) atoms. The zero-order valence-corrected chi connectivity index (χ0v) is 12.4. The van der Waals surface area contributed by atoms with Crippen LogP contribution in [0.3, 0.4) is 0 Å². The highest BCUT2D eigenvalue weighted by Gasteiger charge is 2.26. The van der Waals surface area contributed by atoms with Crippen molar-refractivity contribution in [3.63, 3.8) is 0 Å². The van der Waals surface area contributed by atoms with Gasteiger partial charge in [0.05, 0.1) is 10.4 Å². The molecule has 1 aliphatic carbocycles. The molecule has 0 unspecified atom stereocenters. The van der Waals surface area contributed by atoms with Crippen molar-refractivity contribution in [3.05, 3.63) is 23.3 Å². The van der Waals surface area contributed by atoms with Gasteiger partial charge in [-0.05, 0) is 31.7 Å². The standard InChI is InChI=1S/C15H19N3OS/c1-2-18(9-10-4-3-5-10)15(19)14-13(16)11-6-7-17-8-12(11)20-14/h6-8,10H,2-5,9,16H2,1H3. The van der Waals surface area contributed by atoms with Gasteiger partial charge in [-0.1, -0.05) is 6.42 Å². The Morgan fingerprint density at radius 1 is 1.55 bits per heavy atom. The summed E-state index contributed by atoms with van der Waals surface area (Å²) >= 11 is 1.45. The third kappa shape index (κ3) is 2.26. The SMILES string of the molecule is CCN(CC1CCC1)C(=O)c1sc2cnccc2c1N. The van der Waals surface area contributed by atoms with Crippen molar-refractivity contribution in [2.45, 2.75) is 26.2 Å². The number of pyridine rings is 1. The summed E-state index contributed by atoms with van der Waals surface area (Å²) in [5, 5.41) is 0.938. The molecule has 0 aliphatic heterocycles. The van der Waals surface area contributed by atoms with E-state index in [9.17, 15) is 4.79 Å². The molecule has 2 N–H and O–H groups in total. The molecule has 0 radical (unpaired) electrons. The lowest BCUT2D eigenvalue weighted by Crippen LogP contribution is -2.37. The average Bonchev–Trinajstić information content (AvgIpc) is 2.75. The van der Waals surface area contributed by atoms with Crippen LogP contribution in [0.25, 0.3) is 10.1 Å². The third-order valence-corrected chi connectivity index (χ3v) is 5.24. The molecule has 1 saturated carbocycles. The molecule has 2 heterocycles. The third-order valence-electron chi connectivity index (χ3n) is 4.10. The Hall–Kier alpha value is -1.62. The second-order valence-electron chi connectivity index (χ2n) is 5.36. The molecule has 0 atom stereocenters. The van der Waals surface area contributed by atoms with Crippen LogP contribution < -0.4 is 5.73 Å². The van der Waals surface area contributed by atoms with Crippen molar-refractivity contribution in [2.75, 3.05) is 18.8 Å². The molecular formula is C15H19N3OS. The van der Waals surface area contributed by atoms with Crippen LogP contribution in [-0.2, 0) is 0 Å². The number of anilines is 1. The minimum Gasteiger partial charge on any atom is -0.397 e. The molecule has 3 rings (SSSR count). The average molecular weight is 289 g/mol. The molecule has 0 bridgehead atoms. The number of nitrogen functional groups attached to an aromatic ring is 1. The number of thiophene rings is 1. The van der Waals surface area contributed by atoms with Crippen LogP contribution in [-0.4, -0.2) is 28.9 Å². The number of nitrogens with two attached hydrogens (primary N) is 1. The summed E-state index contributed by atoms with van der Waals surface area (Å²) in [6, 6.07) is 1.88. The zero-order valence-electron chi connectivity index (χ0n) is 11.6. The largest absolute Gasteiger partial charge is 0.397 e. The van der Waals surface area contributed by atoms with Crippen molar-refractivity contribution in [1.29, 1.82) is 0 Å². The van der Waals surface area contributed by atoms with Crippen LogP contribution in [0.2, 0.25) is 0 Å². The van der Waals surface area contributed by atoms with Crippen LogP contribution in [0.5, 0.6) is 0 Å². The molecule has 0 aromatic carbocycles. The monoisotopic (exact) mass is 289 g/mol. The fourth-order valence-corrected chi connectivity index (χ4v) is 3.67. The van der Waals surface area contributed by atoms with Gasteiger partial charge in [0.2, 0.25) is 0 Å². The van der Waals surface area contributed by atoms with Gasteiger partial charge in [0, 0.05) is 30.9 Å². The summed E-state index contributed by atoms with van der Waals surface area (Å²) < 4.78 is 0.980. The first-order valence-corrected chi connectivity index (χ1v) is 7.93. The first-order chi connectivity index (χ1) is 9.70. The Morgan fingerprint density at radius 2 is 2.35 bits per heavy atom. The number of amides is 1. The molecule has 5 heteroatoms. The molecule has 0 saturated heterocycles. The van der Waals surface area contributed by atoms with Crippen LogP contribution in [0, 0.1) is 5.92 Å². The molecule has 1 fully saturated rings. The van der Waals surface area contributed by atoms with Crippen molar-refractivity contribution >= 4 is 33.0 Å². The fourth-order valence-electron chi connectivity index (χ4n) is 2.62. The number of nitrogens with zero attached hydrogens (tertiary/aromatic N) is 2. The van der Waals surface area contributed by atoms with E-state index in [1.807, 2.05) is 17.9 Å². The molecule has 106 valence electrons. The molecule has 1 aliphatic rings. The van der Waals surface area contributed by atoms with Crippen molar-refractivity contribution in [1.82, 2.24) is 9.88 Å². The van der Waals surface area contributed by atoms with E-state index in [-0.39, 0.29) is 5.91 Å². The van der Waals surface area contributed by atoms with Crippen molar-refractivity contribution < 1.29 is 4.79 Å². The molecule has 4 nitrogen and oxygen atoms in total. The minimum absolute atomic E-state index is 0.0677. The van der Waals surface area contributed by atoms with E-state index in [1.54, 1.807) is 12.4 Å². The molecule has 2 aromatic heterocycles. The maximum absolute atomic E-state index is 12.7. The fraction of sp³-hybridized carbons (Fsp3) is 0.467. The number of rotatable bonds is 4. The summed E-state index contributed by atoms with van der Waals surface area (Å²) in [6.45, 7) is 3.63. The Morgan fingerprint density at radius 3 is 2.95 bits per heavy atom. The Bertz CT molecular complexity index is 633. The Kier molecular flexibility index (Phi) is 3.61. The van der Waals surface area contributed by atoms with Gasteiger partial charge in [0.1, 0.15) is 4.88 Å². The highest BCUT2D eigenvalue weighted by molar-refractivity contribution is 7.21. The van der Waals surface area contributed by atoms with E-state index in [4.69, 9.17) is 5.73 Å². The molecule has 0 spiro atoms. The Balaban J connectivity index is 1.88. The van der Waals surface area contributed by atoms with Gasteiger partial charge in [-0.15, -0.1) is 11.3 Å².